The number of ether oxygens (including phenoxy) is 2. The van der Waals surface area contributed by atoms with E-state index in [1.165, 1.54) is 7.11 Å². The lowest BCUT2D eigenvalue weighted by Crippen LogP contribution is -2.35. The third-order valence-corrected chi connectivity index (χ3v) is 2.83. The summed E-state index contributed by atoms with van der Waals surface area (Å²) in [6.45, 7) is 5.15. The molecular formula is C14H21NO3. The molecule has 0 radical (unpaired) electrons. The Kier molecular flexibility index (Phi) is 5.65. The van der Waals surface area contributed by atoms with Crippen LogP contribution < -0.4 is 4.74 Å². The fourth-order valence-electron chi connectivity index (χ4n) is 1.62. The summed E-state index contributed by atoms with van der Waals surface area (Å²) < 4.78 is 9.82. The molecule has 0 unspecified atom stereocenters. The number of hydrogen-bond acceptors (Lipinski definition) is 4. The van der Waals surface area contributed by atoms with Gasteiger partial charge in [-0.3, -0.25) is 9.69 Å². The summed E-state index contributed by atoms with van der Waals surface area (Å²) in [4.78, 5) is 13.4. The van der Waals surface area contributed by atoms with E-state index >= 15 is 0 Å². The molecule has 0 saturated carbocycles. The second kappa shape index (κ2) is 7.01. The molecule has 0 N–H and O–H groups in total. The standard InChI is InChI=1S/C14H21NO3/c1-11(2)15(10-14(16)18-4)9-12-5-7-13(17-3)8-6-12/h5-8,11H,9-10H2,1-4H3. The van der Waals surface area contributed by atoms with Crippen molar-refractivity contribution >= 4 is 5.97 Å². The molecule has 0 aromatic heterocycles. The first-order chi connectivity index (χ1) is 8.56. The predicted octanol–water partition coefficient (Wildman–Crippen LogP) is 2.08. The third-order valence-electron chi connectivity index (χ3n) is 2.83. The summed E-state index contributed by atoms with van der Waals surface area (Å²) in [5, 5.41) is 0. The van der Waals surface area contributed by atoms with Gasteiger partial charge in [-0.25, -0.2) is 0 Å². The van der Waals surface area contributed by atoms with Gasteiger partial charge >= 0.3 is 5.97 Å². The number of carbonyl (C=O) groups excluding carboxylic acids is 1. The van der Waals surface area contributed by atoms with E-state index in [1.807, 2.05) is 24.3 Å². The lowest BCUT2D eigenvalue weighted by molar-refractivity contribution is -0.142. The van der Waals surface area contributed by atoms with Gasteiger partial charge in [0.2, 0.25) is 0 Å². The quantitative estimate of drug-likeness (QED) is 0.726. The first-order valence-electron chi connectivity index (χ1n) is 6.00. The Labute approximate surface area is 108 Å². The molecule has 0 aliphatic heterocycles. The van der Waals surface area contributed by atoms with E-state index in [0.717, 1.165) is 17.9 Å². The summed E-state index contributed by atoms with van der Waals surface area (Å²) >= 11 is 0. The summed E-state index contributed by atoms with van der Waals surface area (Å²) in [7, 11) is 3.06. The number of benzene rings is 1. The van der Waals surface area contributed by atoms with E-state index in [9.17, 15) is 4.79 Å². The number of hydrogen-bond donors (Lipinski definition) is 0. The molecule has 4 heteroatoms. The average Bonchev–Trinajstić information content (AvgIpc) is 2.38. The molecule has 4 nitrogen and oxygen atoms in total. The Balaban J connectivity index is 2.67. The van der Waals surface area contributed by atoms with Crippen LogP contribution in [0.2, 0.25) is 0 Å². The summed E-state index contributed by atoms with van der Waals surface area (Å²) in [5.74, 6) is 0.625. The van der Waals surface area contributed by atoms with Crippen LogP contribution in [0.15, 0.2) is 24.3 Å². The van der Waals surface area contributed by atoms with E-state index < -0.39 is 0 Å². The number of methoxy groups -OCH3 is 2. The largest absolute Gasteiger partial charge is 0.497 e. The summed E-state index contributed by atoms with van der Waals surface area (Å²) in [6.07, 6.45) is 0. The van der Waals surface area contributed by atoms with Gasteiger partial charge in [-0.1, -0.05) is 12.1 Å². The molecule has 1 aromatic carbocycles. The van der Waals surface area contributed by atoms with Crippen LogP contribution in [-0.4, -0.2) is 37.7 Å². The van der Waals surface area contributed by atoms with Crippen LogP contribution in [0, 0.1) is 0 Å². The topological polar surface area (TPSA) is 38.8 Å². The molecule has 0 spiro atoms. The van der Waals surface area contributed by atoms with E-state index in [-0.39, 0.29) is 12.0 Å². The monoisotopic (exact) mass is 251 g/mol. The van der Waals surface area contributed by atoms with Gasteiger partial charge in [0, 0.05) is 12.6 Å². The Morgan fingerprint density at radius 1 is 1.22 bits per heavy atom. The SMILES string of the molecule is COC(=O)CN(Cc1ccc(OC)cc1)C(C)C. The number of nitrogens with zero attached hydrogens (tertiary/aromatic N) is 1. The summed E-state index contributed by atoms with van der Waals surface area (Å²) in [6, 6.07) is 8.14. The molecule has 0 atom stereocenters. The van der Waals surface area contributed by atoms with Crippen LogP contribution in [0.3, 0.4) is 0 Å². The Morgan fingerprint density at radius 2 is 1.83 bits per heavy atom. The lowest BCUT2D eigenvalue weighted by Gasteiger charge is -2.25. The van der Waals surface area contributed by atoms with Gasteiger partial charge in [0.1, 0.15) is 5.75 Å². The molecule has 0 heterocycles. The Bertz CT molecular complexity index is 373. The van der Waals surface area contributed by atoms with Gasteiger partial charge in [-0.05, 0) is 31.5 Å². The fourth-order valence-corrected chi connectivity index (χ4v) is 1.62. The molecule has 18 heavy (non-hydrogen) atoms. The van der Waals surface area contributed by atoms with Gasteiger partial charge in [-0.15, -0.1) is 0 Å². The zero-order chi connectivity index (χ0) is 13.5. The normalized spacial score (nSPS) is 10.8. The average molecular weight is 251 g/mol. The lowest BCUT2D eigenvalue weighted by atomic mass is 10.2. The second-order valence-corrected chi connectivity index (χ2v) is 4.42. The first-order valence-corrected chi connectivity index (χ1v) is 6.00. The van der Waals surface area contributed by atoms with Crippen molar-refractivity contribution in [2.45, 2.75) is 26.4 Å². The minimum absolute atomic E-state index is 0.211. The highest BCUT2D eigenvalue weighted by Crippen LogP contribution is 2.14. The van der Waals surface area contributed by atoms with E-state index in [2.05, 4.69) is 18.7 Å². The van der Waals surface area contributed by atoms with E-state index in [4.69, 9.17) is 9.47 Å². The number of rotatable bonds is 6. The molecule has 0 bridgehead atoms. The van der Waals surface area contributed by atoms with Crippen LogP contribution in [0.25, 0.3) is 0 Å². The van der Waals surface area contributed by atoms with Crippen LogP contribution >= 0.6 is 0 Å². The predicted molar refractivity (Wildman–Crippen MR) is 70.6 cm³/mol. The Morgan fingerprint density at radius 3 is 2.28 bits per heavy atom. The zero-order valence-corrected chi connectivity index (χ0v) is 11.5. The van der Waals surface area contributed by atoms with Crippen LogP contribution in [0.4, 0.5) is 0 Å². The molecular weight excluding hydrogens is 230 g/mol. The van der Waals surface area contributed by atoms with Crippen LogP contribution in [-0.2, 0) is 16.1 Å². The van der Waals surface area contributed by atoms with Crippen molar-refractivity contribution in [3.63, 3.8) is 0 Å². The van der Waals surface area contributed by atoms with Gasteiger partial charge < -0.3 is 9.47 Å². The maximum absolute atomic E-state index is 11.3. The van der Waals surface area contributed by atoms with E-state index in [1.54, 1.807) is 7.11 Å². The smallest absolute Gasteiger partial charge is 0.319 e. The van der Waals surface area contributed by atoms with Crippen molar-refractivity contribution < 1.29 is 14.3 Å². The Hall–Kier alpha value is -1.55. The molecule has 0 amide bonds. The highest BCUT2D eigenvalue weighted by molar-refractivity contribution is 5.71. The molecule has 0 aliphatic carbocycles. The van der Waals surface area contributed by atoms with Gasteiger partial charge in [-0.2, -0.15) is 0 Å². The minimum Gasteiger partial charge on any atom is -0.497 e. The highest BCUT2D eigenvalue weighted by Gasteiger charge is 2.14. The molecule has 1 aromatic rings. The maximum Gasteiger partial charge on any atom is 0.319 e. The summed E-state index contributed by atoms with van der Waals surface area (Å²) in [5.41, 5.74) is 1.15. The fraction of sp³-hybridized carbons (Fsp3) is 0.500. The van der Waals surface area contributed by atoms with Crippen molar-refractivity contribution in [3.8, 4) is 5.75 Å². The second-order valence-electron chi connectivity index (χ2n) is 4.42. The van der Waals surface area contributed by atoms with Crippen molar-refractivity contribution in [3.05, 3.63) is 29.8 Å². The van der Waals surface area contributed by atoms with Crippen molar-refractivity contribution in [2.75, 3.05) is 20.8 Å². The molecule has 0 saturated heterocycles. The highest BCUT2D eigenvalue weighted by atomic mass is 16.5. The van der Waals surface area contributed by atoms with Gasteiger partial charge in [0.15, 0.2) is 0 Å². The zero-order valence-electron chi connectivity index (χ0n) is 11.5. The minimum atomic E-state index is -0.211. The maximum atomic E-state index is 11.3. The van der Waals surface area contributed by atoms with Crippen LogP contribution in [0.1, 0.15) is 19.4 Å². The van der Waals surface area contributed by atoms with Crippen molar-refractivity contribution in [1.29, 1.82) is 0 Å². The third kappa shape index (κ3) is 4.37. The molecule has 100 valence electrons. The van der Waals surface area contributed by atoms with Crippen LogP contribution in [0.5, 0.6) is 5.75 Å². The number of esters is 1. The van der Waals surface area contributed by atoms with E-state index in [0.29, 0.717) is 6.54 Å². The molecule has 0 aliphatic rings. The van der Waals surface area contributed by atoms with Gasteiger partial charge in [0.05, 0.1) is 20.8 Å². The van der Waals surface area contributed by atoms with Crippen molar-refractivity contribution in [2.24, 2.45) is 0 Å². The molecule has 0 fully saturated rings. The van der Waals surface area contributed by atoms with Crippen molar-refractivity contribution in [1.82, 2.24) is 4.90 Å². The van der Waals surface area contributed by atoms with Gasteiger partial charge in [0.25, 0.3) is 0 Å². The molecule has 1 rings (SSSR count). The number of carbonyl (C=O) groups is 1. The first kappa shape index (κ1) is 14.5.